The third kappa shape index (κ3) is 5.85. The molecule has 190 valence electrons. The maximum atomic E-state index is 13.5. The van der Waals surface area contributed by atoms with Gasteiger partial charge in [0.15, 0.2) is 0 Å². The van der Waals surface area contributed by atoms with Crippen molar-refractivity contribution in [2.75, 3.05) is 7.11 Å². The van der Waals surface area contributed by atoms with Crippen LogP contribution in [0.5, 0.6) is 5.75 Å². The van der Waals surface area contributed by atoms with Crippen molar-refractivity contribution < 1.29 is 17.4 Å². The number of methoxy groups -OCH3 is 1. The maximum Gasteiger partial charge on any atom is 0.359 e. The van der Waals surface area contributed by atoms with E-state index in [0.29, 0.717) is 26.8 Å². The molecular weight excluding hydrogens is 492 g/mol. The lowest BCUT2D eigenvalue weighted by Gasteiger charge is -2.21. The van der Waals surface area contributed by atoms with Crippen LogP contribution in [0.2, 0.25) is 0 Å². The Morgan fingerprint density at radius 2 is 1.58 bits per heavy atom. The molecule has 0 unspecified atom stereocenters. The van der Waals surface area contributed by atoms with Crippen molar-refractivity contribution in [3.8, 4) is 11.8 Å². The van der Waals surface area contributed by atoms with Crippen molar-refractivity contribution in [2.45, 2.75) is 64.2 Å². The summed E-state index contributed by atoms with van der Waals surface area (Å²) in [6, 6.07) is 13.4. The molecule has 2 aromatic carbocycles. The molecule has 1 aliphatic heterocycles. The third-order valence-corrected chi connectivity index (χ3v) is 8.10. The van der Waals surface area contributed by atoms with Crippen molar-refractivity contribution in [1.29, 1.82) is 5.26 Å². The average molecular weight is 525 g/mol. The van der Waals surface area contributed by atoms with Gasteiger partial charge < -0.3 is 4.74 Å². The van der Waals surface area contributed by atoms with Gasteiger partial charge in [-0.1, -0.05) is 82.7 Å². The number of thioether (sulfide) groups is 1. The van der Waals surface area contributed by atoms with Crippen LogP contribution in [0.15, 0.2) is 63.5 Å². The van der Waals surface area contributed by atoms with Gasteiger partial charge in [0.25, 0.3) is 0 Å². The number of allylic oxidation sites excluding steroid dienone is 2. The van der Waals surface area contributed by atoms with E-state index in [9.17, 15) is 13.7 Å². The Bertz CT molecular complexity index is 1350. The number of nitrogens with zero attached hydrogens (tertiary/aromatic N) is 2. The molecule has 8 heteroatoms. The molecule has 0 aliphatic carbocycles. The van der Waals surface area contributed by atoms with Gasteiger partial charge in [0.05, 0.1) is 12.7 Å². The lowest BCUT2D eigenvalue weighted by atomic mass is 9.89. The third-order valence-electron chi connectivity index (χ3n) is 5.88. The van der Waals surface area contributed by atoms with Gasteiger partial charge in [-0.2, -0.15) is 13.7 Å². The van der Waals surface area contributed by atoms with Crippen LogP contribution in [0.3, 0.4) is 0 Å². The van der Waals surface area contributed by atoms with E-state index in [4.69, 9.17) is 9.02 Å². The predicted molar refractivity (Wildman–Crippen MR) is 147 cm³/mol. The summed E-state index contributed by atoms with van der Waals surface area (Å²) in [5, 5.41) is 14.1. The van der Waals surface area contributed by atoms with Crippen LogP contribution < -0.4 is 4.74 Å². The van der Waals surface area contributed by atoms with E-state index in [1.54, 1.807) is 31.4 Å². The monoisotopic (exact) mass is 524 g/mol. The Kier molecular flexibility index (Phi) is 8.70. The fourth-order valence-corrected chi connectivity index (χ4v) is 6.21. The molecule has 3 rings (SSSR count). The van der Waals surface area contributed by atoms with E-state index in [-0.39, 0.29) is 22.6 Å². The summed E-state index contributed by atoms with van der Waals surface area (Å²) in [6.45, 7) is 12.1. The molecule has 0 fully saturated rings. The van der Waals surface area contributed by atoms with E-state index in [1.807, 2.05) is 52.0 Å². The van der Waals surface area contributed by atoms with Gasteiger partial charge >= 0.3 is 10.1 Å². The Labute approximate surface area is 218 Å². The van der Waals surface area contributed by atoms with Crippen LogP contribution in [0.25, 0.3) is 5.57 Å². The van der Waals surface area contributed by atoms with Crippen molar-refractivity contribution >= 4 is 32.5 Å². The first-order valence-corrected chi connectivity index (χ1v) is 14.1. The Morgan fingerprint density at radius 3 is 2.11 bits per heavy atom. The fraction of sp³-hybridized carbons (Fsp3) is 0.357. The van der Waals surface area contributed by atoms with Gasteiger partial charge in [-0.15, -0.1) is 0 Å². The van der Waals surface area contributed by atoms with Crippen molar-refractivity contribution in [3.63, 3.8) is 0 Å². The number of nitriles is 1. The average Bonchev–Trinajstić information content (AvgIpc) is 3.31. The minimum absolute atomic E-state index is 0.0171. The van der Waals surface area contributed by atoms with Gasteiger partial charge in [-0.25, -0.2) is 0 Å². The van der Waals surface area contributed by atoms with Crippen molar-refractivity contribution in [1.82, 2.24) is 0 Å². The molecule has 0 spiro atoms. The predicted octanol–water partition coefficient (Wildman–Crippen LogP) is 7.32. The lowest BCUT2D eigenvalue weighted by Crippen LogP contribution is -2.13. The van der Waals surface area contributed by atoms with Crippen LogP contribution in [-0.4, -0.2) is 20.6 Å². The second-order valence-electron chi connectivity index (χ2n) is 9.44. The van der Waals surface area contributed by atoms with Crippen molar-refractivity contribution in [3.05, 3.63) is 75.7 Å². The van der Waals surface area contributed by atoms with E-state index in [1.165, 1.54) is 11.8 Å². The first-order chi connectivity index (χ1) is 17.0. The second kappa shape index (κ2) is 11.4. The highest BCUT2D eigenvalue weighted by molar-refractivity contribution is 8.18. The Hall–Kier alpha value is -3.02. The minimum Gasteiger partial charge on any atom is -0.496 e. The normalized spacial score (nSPS) is 16.2. The van der Waals surface area contributed by atoms with Crippen LogP contribution >= 0.6 is 11.8 Å². The number of rotatable bonds is 8. The molecule has 6 nitrogen and oxygen atoms in total. The van der Waals surface area contributed by atoms with Gasteiger partial charge in [0.1, 0.15) is 21.8 Å². The molecule has 0 radical (unpaired) electrons. The number of para-hydroxylation sites is 1. The molecule has 0 N–H and O–H groups in total. The number of hydrogen-bond acceptors (Lipinski definition) is 7. The molecule has 1 aliphatic rings. The highest BCUT2D eigenvalue weighted by Crippen LogP contribution is 2.38. The summed E-state index contributed by atoms with van der Waals surface area (Å²) in [4.78, 5) is 0.824. The summed E-state index contributed by atoms with van der Waals surface area (Å²) in [6.07, 6.45) is 3.36. The first kappa shape index (κ1) is 27.6. The largest absolute Gasteiger partial charge is 0.496 e. The molecule has 2 aromatic rings. The Morgan fingerprint density at radius 1 is 0.972 bits per heavy atom. The molecule has 0 saturated heterocycles. The smallest absolute Gasteiger partial charge is 0.359 e. The van der Waals surface area contributed by atoms with Crippen LogP contribution in [0.4, 0.5) is 0 Å². The summed E-state index contributed by atoms with van der Waals surface area (Å²) < 4.78 is 37.5. The van der Waals surface area contributed by atoms with E-state index < -0.39 is 10.1 Å². The quantitative estimate of drug-likeness (QED) is 0.265. The zero-order chi connectivity index (χ0) is 26.6. The lowest BCUT2D eigenvalue weighted by molar-refractivity contribution is 0.339. The summed E-state index contributed by atoms with van der Waals surface area (Å²) in [5.41, 5.74) is 3.61. The van der Waals surface area contributed by atoms with Gasteiger partial charge in [-0.3, -0.25) is 4.28 Å². The summed E-state index contributed by atoms with van der Waals surface area (Å²) in [5.74, 6) is 0.806. The van der Waals surface area contributed by atoms with E-state index in [0.717, 1.165) is 16.7 Å². The molecular formula is C28H32N2O4S2. The molecule has 0 aromatic heterocycles. The van der Waals surface area contributed by atoms with E-state index in [2.05, 4.69) is 25.1 Å². The highest BCUT2D eigenvalue weighted by atomic mass is 32.2. The van der Waals surface area contributed by atoms with E-state index >= 15 is 0 Å². The van der Waals surface area contributed by atoms with Crippen LogP contribution in [0.1, 0.15) is 81.5 Å². The number of benzene rings is 2. The molecule has 1 heterocycles. The molecule has 0 atom stereocenters. The standard InChI is InChI=1S/C28H32N2O4S2/c1-17(2)20-14-22(18(3)4)28(23(15-20)19(5)6)36(31,32)34-30-27-13-12-26(35-27)24(16-29)21-10-8-9-11-25(21)33-7/h8-15,17-19H,1-7H3. The Balaban J connectivity index is 1.98. The van der Waals surface area contributed by atoms with Gasteiger partial charge in [0, 0.05) is 10.5 Å². The topological polar surface area (TPSA) is 88.8 Å². The number of hydrogen-bond donors (Lipinski definition) is 0. The number of oxime groups is 1. The summed E-state index contributed by atoms with van der Waals surface area (Å²) >= 11 is 1.17. The summed E-state index contributed by atoms with van der Waals surface area (Å²) in [7, 11) is -2.64. The molecule has 36 heavy (non-hydrogen) atoms. The van der Waals surface area contributed by atoms with Crippen LogP contribution in [0, 0.1) is 11.3 Å². The zero-order valence-electron chi connectivity index (χ0n) is 21.7. The van der Waals surface area contributed by atoms with Crippen molar-refractivity contribution in [2.24, 2.45) is 5.16 Å². The maximum absolute atomic E-state index is 13.5. The first-order valence-electron chi connectivity index (χ1n) is 11.8. The van der Waals surface area contributed by atoms with Crippen LogP contribution in [-0.2, 0) is 14.4 Å². The van der Waals surface area contributed by atoms with Gasteiger partial charge in [0.2, 0.25) is 0 Å². The SMILES string of the molecule is COc1ccccc1C(C#N)=C1C=CC(=NOS(=O)(=O)c2c(C(C)C)cc(C(C)C)cc2C(C)C)S1. The minimum atomic E-state index is -4.18. The number of ether oxygens (including phenoxy) is 1. The second-order valence-corrected chi connectivity index (χ2v) is 12.0. The molecule has 0 amide bonds. The zero-order valence-corrected chi connectivity index (χ0v) is 23.3. The van der Waals surface area contributed by atoms with Gasteiger partial charge in [-0.05, 0) is 58.7 Å². The fourth-order valence-electron chi connectivity index (χ4n) is 3.91. The highest BCUT2D eigenvalue weighted by Gasteiger charge is 2.29. The molecule has 0 bridgehead atoms. The molecule has 0 saturated carbocycles.